The van der Waals surface area contributed by atoms with Crippen molar-refractivity contribution in [2.45, 2.75) is 48.5 Å². The summed E-state index contributed by atoms with van der Waals surface area (Å²) < 4.78 is 11.2. The molecular formula is C65H64N2O2. The zero-order chi connectivity index (χ0) is 48.7. The largest absolute Gasteiger partial charge is 0.496 e. The van der Waals surface area contributed by atoms with Crippen molar-refractivity contribution in [2.75, 3.05) is 24.0 Å². The summed E-state index contributed by atoms with van der Waals surface area (Å²) in [6, 6.07) is 62.6. The molecule has 346 valence electrons. The summed E-state index contributed by atoms with van der Waals surface area (Å²) in [6.45, 7) is 14.7. The molecule has 0 radical (unpaired) electrons. The minimum absolute atomic E-state index is 0.807. The summed E-state index contributed by atoms with van der Waals surface area (Å²) >= 11 is 0. The highest BCUT2D eigenvalue weighted by atomic mass is 16.5. The molecular weight excluding hydrogens is 841 g/mol. The molecule has 0 unspecified atom stereocenters. The Labute approximate surface area is 411 Å². The molecule has 0 spiro atoms. The van der Waals surface area contributed by atoms with E-state index in [4.69, 9.17) is 9.47 Å². The van der Waals surface area contributed by atoms with Crippen molar-refractivity contribution in [1.82, 2.24) is 0 Å². The van der Waals surface area contributed by atoms with E-state index in [1.165, 1.54) is 50.2 Å². The van der Waals surface area contributed by atoms with Gasteiger partial charge in [-0.2, -0.15) is 0 Å². The summed E-state index contributed by atoms with van der Waals surface area (Å²) in [7, 11) is 3.38. The molecule has 69 heavy (non-hydrogen) atoms. The molecule has 4 nitrogen and oxygen atoms in total. The van der Waals surface area contributed by atoms with Gasteiger partial charge in [-0.25, -0.2) is 0 Å². The van der Waals surface area contributed by atoms with Crippen molar-refractivity contribution < 1.29 is 9.47 Å². The van der Waals surface area contributed by atoms with Crippen molar-refractivity contribution in [3.05, 3.63) is 249 Å². The number of hydrogen-bond donors (Lipinski definition) is 0. The Balaban J connectivity index is 0.000000205. The van der Waals surface area contributed by atoms with E-state index in [-0.39, 0.29) is 0 Å². The van der Waals surface area contributed by atoms with E-state index in [2.05, 4.69) is 245 Å². The van der Waals surface area contributed by atoms with Gasteiger partial charge in [0.1, 0.15) is 11.5 Å². The molecule has 0 aromatic heterocycles. The predicted molar refractivity (Wildman–Crippen MR) is 299 cm³/mol. The van der Waals surface area contributed by atoms with Gasteiger partial charge in [0.2, 0.25) is 0 Å². The third kappa shape index (κ3) is 12.9. The topological polar surface area (TPSA) is 24.9 Å². The fourth-order valence-electron chi connectivity index (χ4n) is 7.98. The Kier molecular flexibility index (Phi) is 16.7. The van der Waals surface area contributed by atoms with E-state index in [9.17, 15) is 0 Å². The van der Waals surface area contributed by atoms with Gasteiger partial charge < -0.3 is 19.3 Å². The Morgan fingerprint density at radius 2 is 0.609 bits per heavy atom. The molecule has 0 saturated carbocycles. The molecule has 0 aliphatic heterocycles. The lowest BCUT2D eigenvalue weighted by Crippen LogP contribution is -2.10. The van der Waals surface area contributed by atoms with Crippen LogP contribution in [0.25, 0.3) is 36.5 Å². The van der Waals surface area contributed by atoms with E-state index in [1.807, 2.05) is 38.1 Å². The van der Waals surface area contributed by atoms with Crippen molar-refractivity contribution in [3.63, 3.8) is 0 Å². The summed E-state index contributed by atoms with van der Waals surface area (Å²) in [5.41, 5.74) is 19.9. The average molecular weight is 905 g/mol. The van der Waals surface area contributed by atoms with Gasteiger partial charge in [0.25, 0.3) is 0 Å². The van der Waals surface area contributed by atoms with Crippen LogP contribution in [0, 0.1) is 34.6 Å². The lowest BCUT2D eigenvalue weighted by atomic mass is 10.1. The minimum Gasteiger partial charge on any atom is -0.496 e. The minimum atomic E-state index is 0.807. The van der Waals surface area contributed by atoms with E-state index < -0.39 is 0 Å². The van der Waals surface area contributed by atoms with Gasteiger partial charge in [-0.15, -0.1) is 0 Å². The van der Waals surface area contributed by atoms with Crippen LogP contribution in [-0.4, -0.2) is 14.2 Å². The van der Waals surface area contributed by atoms with E-state index in [0.29, 0.717) is 0 Å². The smallest absolute Gasteiger partial charge is 0.126 e. The van der Waals surface area contributed by atoms with Crippen LogP contribution in [0.5, 0.6) is 11.5 Å². The highest BCUT2D eigenvalue weighted by Crippen LogP contribution is 2.38. The van der Waals surface area contributed by atoms with Crippen LogP contribution in [0.3, 0.4) is 0 Å². The SMILES string of the molecule is CC=Cc1cc(OC)c(C=Cc2ccc(N(c3ccc(C)cc3)c3ccc(C)cc3)cc2)cc1OC.CC=Cc1ccc(C=Cc2ccc(N(c3ccc(C)cc3)c3ccc(C)c(C)c3)cc2)cc1. The summed E-state index contributed by atoms with van der Waals surface area (Å²) in [5.74, 6) is 1.62. The standard InChI is InChI=1S/C33H33NO2.C32H31N/c1-6-7-27-22-33(36-5)28(23-32(27)35-4)15-12-26-13-20-31(21-14-26)34(29-16-8-24(2)9-17-29)30-18-10-25(3)11-19-30;1-5-6-27-10-12-28(13-11-27)14-15-29-16-21-31(22-17-29)33(30-18-7-24(2)8-19-30)32-20-9-25(3)26(4)23-32/h6-23H,1-5H3;5-23H,1-4H3. The molecule has 0 aliphatic rings. The Morgan fingerprint density at radius 1 is 0.304 bits per heavy atom. The quantitative estimate of drug-likeness (QED) is 0.102. The number of benzene rings is 8. The fourth-order valence-corrected chi connectivity index (χ4v) is 7.98. The first-order chi connectivity index (χ1) is 33.5. The van der Waals surface area contributed by atoms with Gasteiger partial charge in [-0.1, -0.05) is 156 Å². The second-order valence-corrected chi connectivity index (χ2v) is 17.3. The summed E-state index contributed by atoms with van der Waals surface area (Å²) in [4.78, 5) is 4.60. The molecule has 0 heterocycles. The van der Waals surface area contributed by atoms with Gasteiger partial charge >= 0.3 is 0 Å². The number of ether oxygens (including phenoxy) is 2. The van der Waals surface area contributed by atoms with E-state index in [0.717, 1.165) is 56.6 Å². The highest BCUT2D eigenvalue weighted by Gasteiger charge is 2.15. The number of hydrogen-bond acceptors (Lipinski definition) is 4. The Hall–Kier alpha value is -8.08. The Bertz CT molecular complexity index is 2990. The molecule has 8 aromatic carbocycles. The summed E-state index contributed by atoms with van der Waals surface area (Å²) in [5, 5.41) is 0. The van der Waals surface area contributed by atoms with Crippen LogP contribution < -0.4 is 19.3 Å². The molecule has 8 rings (SSSR count). The van der Waals surface area contributed by atoms with Gasteiger partial charge in [-0.05, 0) is 167 Å². The maximum absolute atomic E-state index is 5.64. The first kappa shape index (κ1) is 48.8. The zero-order valence-electron chi connectivity index (χ0n) is 41.6. The van der Waals surface area contributed by atoms with Crippen LogP contribution in [0.15, 0.2) is 188 Å². The predicted octanol–water partition coefficient (Wildman–Crippen LogP) is 18.3. The van der Waals surface area contributed by atoms with Crippen molar-refractivity contribution in [1.29, 1.82) is 0 Å². The lowest BCUT2D eigenvalue weighted by molar-refractivity contribution is 0.401. The molecule has 0 atom stereocenters. The van der Waals surface area contributed by atoms with Crippen LogP contribution in [-0.2, 0) is 0 Å². The van der Waals surface area contributed by atoms with E-state index >= 15 is 0 Å². The molecule has 4 heteroatoms. The molecule has 8 aromatic rings. The normalized spacial score (nSPS) is 11.3. The first-order valence-corrected chi connectivity index (χ1v) is 23.6. The third-order valence-electron chi connectivity index (χ3n) is 12.1. The average Bonchev–Trinajstić information content (AvgIpc) is 3.37. The fraction of sp³-hybridized carbons (Fsp3) is 0.138. The number of nitrogens with zero attached hydrogens (tertiary/aromatic N) is 2. The van der Waals surface area contributed by atoms with Crippen molar-refractivity contribution >= 4 is 70.6 Å². The first-order valence-electron chi connectivity index (χ1n) is 23.6. The van der Waals surface area contributed by atoms with Crippen LogP contribution in [0.4, 0.5) is 34.1 Å². The second-order valence-electron chi connectivity index (χ2n) is 17.3. The second kappa shape index (κ2) is 23.6. The maximum Gasteiger partial charge on any atom is 0.126 e. The number of allylic oxidation sites excluding steroid dienone is 2. The van der Waals surface area contributed by atoms with Crippen LogP contribution in [0.2, 0.25) is 0 Å². The number of rotatable bonds is 14. The zero-order valence-corrected chi connectivity index (χ0v) is 41.6. The van der Waals surface area contributed by atoms with Gasteiger partial charge in [0, 0.05) is 45.3 Å². The van der Waals surface area contributed by atoms with Gasteiger partial charge in [0.05, 0.1) is 14.2 Å². The maximum atomic E-state index is 5.64. The van der Waals surface area contributed by atoms with Crippen LogP contribution in [0.1, 0.15) is 75.0 Å². The molecule has 0 aliphatic carbocycles. The molecule has 0 amide bonds. The lowest BCUT2D eigenvalue weighted by Gasteiger charge is -2.26. The number of methoxy groups -OCH3 is 2. The number of aryl methyl sites for hydroxylation is 5. The Morgan fingerprint density at radius 3 is 0.971 bits per heavy atom. The molecule has 0 bridgehead atoms. The van der Waals surface area contributed by atoms with Crippen molar-refractivity contribution in [2.24, 2.45) is 0 Å². The highest BCUT2D eigenvalue weighted by molar-refractivity contribution is 5.81. The van der Waals surface area contributed by atoms with Crippen LogP contribution >= 0.6 is 0 Å². The number of anilines is 6. The third-order valence-corrected chi connectivity index (χ3v) is 12.1. The van der Waals surface area contributed by atoms with Crippen molar-refractivity contribution in [3.8, 4) is 11.5 Å². The summed E-state index contributed by atoms with van der Waals surface area (Å²) in [6.07, 6.45) is 16.7. The van der Waals surface area contributed by atoms with Gasteiger partial charge in [-0.3, -0.25) is 0 Å². The monoisotopic (exact) mass is 904 g/mol. The molecule has 0 N–H and O–H groups in total. The van der Waals surface area contributed by atoms with Gasteiger partial charge in [0.15, 0.2) is 0 Å². The van der Waals surface area contributed by atoms with E-state index in [1.54, 1.807) is 14.2 Å². The molecule has 0 fully saturated rings. The molecule has 0 saturated heterocycles.